The smallest absolute Gasteiger partial charge is 0.261 e. The van der Waals surface area contributed by atoms with E-state index in [1.165, 1.54) is 11.8 Å². The lowest BCUT2D eigenvalue weighted by Gasteiger charge is -2.07. The Morgan fingerprint density at radius 2 is 2.05 bits per heavy atom. The number of nitrogens with zero attached hydrogens (tertiary/aromatic N) is 1. The highest BCUT2D eigenvalue weighted by molar-refractivity contribution is 7.99. The van der Waals surface area contributed by atoms with Crippen LogP contribution in [0.4, 0.5) is 0 Å². The minimum absolute atomic E-state index is 0.0316. The van der Waals surface area contributed by atoms with Crippen LogP contribution in [0.1, 0.15) is 18.5 Å². The Morgan fingerprint density at radius 1 is 1.25 bits per heavy atom. The van der Waals surface area contributed by atoms with Crippen LogP contribution in [0.2, 0.25) is 5.02 Å². The molecule has 1 atom stereocenters. The van der Waals surface area contributed by atoms with E-state index in [9.17, 15) is 0 Å². The Morgan fingerprint density at radius 3 is 2.75 bits per heavy atom. The molecule has 0 saturated carbocycles. The second-order valence-corrected chi connectivity index (χ2v) is 5.93. The number of para-hydroxylation sites is 2. The van der Waals surface area contributed by atoms with Gasteiger partial charge in [0.05, 0.1) is 5.02 Å². The Balaban J connectivity index is 1.90. The molecule has 2 N–H and O–H groups in total. The van der Waals surface area contributed by atoms with Gasteiger partial charge in [0, 0.05) is 10.9 Å². The summed E-state index contributed by atoms with van der Waals surface area (Å²) in [5.41, 5.74) is 8.47. The molecule has 1 aromatic heterocycles. The summed E-state index contributed by atoms with van der Waals surface area (Å²) in [6.45, 7) is 1.93. The molecule has 102 valence electrons. The number of nitrogens with two attached hydrogens (primary N) is 1. The second kappa shape index (κ2) is 5.48. The topological polar surface area (TPSA) is 52.0 Å². The van der Waals surface area contributed by atoms with Crippen molar-refractivity contribution in [1.29, 1.82) is 0 Å². The van der Waals surface area contributed by atoms with Gasteiger partial charge in [-0.25, -0.2) is 4.98 Å². The third kappa shape index (κ3) is 2.68. The van der Waals surface area contributed by atoms with Crippen molar-refractivity contribution in [3.05, 3.63) is 53.1 Å². The summed E-state index contributed by atoms with van der Waals surface area (Å²) in [5.74, 6) is 0. The maximum atomic E-state index is 6.28. The summed E-state index contributed by atoms with van der Waals surface area (Å²) in [4.78, 5) is 5.32. The Kier molecular flexibility index (Phi) is 3.70. The molecule has 0 aliphatic rings. The minimum Gasteiger partial charge on any atom is -0.431 e. The summed E-state index contributed by atoms with van der Waals surface area (Å²) < 4.78 is 5.67. The molecule has 0 saturated heterocycles. The maximum absolute atomic E-state index is 6.28. The van der Waals surface area contributed by atoms with Crippen molar-refractivity contribution in [2.24, 2.45) is 5.73 Å². The molecule has 0 spiro atoms. The van der Waals surface area contributed by atoms with Crippen LogP contribution in [0.5, 0.6) is 0 Å². The minimum atomic E-state index is -0.0316. The van der Waals surface area contributed by atoms with E-state index in [0.717, 1.165) is 21.6 Å². The van der Waals surface area contributed by atoms with Crippen molar-refractivity contribution in [3.8, 4) is 0 Å². The number of halogens is 1. The van der Waals surface area contributed by atoms with Crippen LogP contribution in [0.15, 0.2) is 57.0 Å². The fourth-order valence-electron chi connectivity index (χ4n) is 1.87. The van der Waals surface area contributed by atoms with Gasteiger partial charge in [0.2, 0.25) is 0 Å². The van der Waals surface area contributed by atoms with Gasteiger partial charge in [0.15, 0.2) is 5.58 Å². The van der Waals surface area contributed by atoms with Crippen LogP contribution in [-0.2, 0) is 0 Å². The average molecular weight is 305 g/mol. The normalized spacial score (nSPS) is 12.8. The zero-order valence-electron chi connectivity index (χ0n) is 10.8. The molecule has 3 nitrogen and oxygen atoms in total. The van der Waals surface area contributed by atoms with E-state index in [-0.39, 0.29) is 6.04 Å². The van der Waals surface area contributed by atoms with Crippen molar-refractivity contribution in [2.45, 2.75) is 23.1 Å². The molecule has 0 amide bonds. The lowest BCUT2D eigenvalue weighted by atomic mass is 10.1. The third-order valence-electron chi connectivity index (χ3n) is 2.95. The van der Waals surface area contributed by atoms with E-state index < -0.39 is 0 Å². The third-order valence-corrected chi connectivity index (χ3v) is 4.30. The van der Waals surface area contributed by atoms with Gasteiger partial charge in [-0.3, -0.25) is 0 Å². The average Bonchev–Trinajstić information content (AvgIpc) is 2.83. The first-order chi connectivity index (χ1) is 9.63. The van der Waals surface area contributed by atoms with E-state index in [1.54, 1.807) is 0 Å². The van der Waals surface area contributed by atoms with E-state index in [4.69, 9.17) is 21.8 Å². The number of oxazole rings is 1. The van der Waals surface area contributed by atoms with Crippen molar-refractivity contribution < 1.29 is 4.42 Å². The van der Waals surface area contributed by atoms with Gasteiger partial charge in [0.1, 0.15) is 5.52 Å². The van der Waals surface area contributed by atoms with Gasteiger partial charge in [-0.15, -0.1) is 0 Å². The molecule has 2 aromatic carbocycles. The molecule has 1 heterocycles. The molecular formula is C15H13ClN2OS. The van der Waals surface area contributed by atoms with Gasteiger partial charge >= 0.3 is 0 Å². The quantitative estimate of drug-likeness (QED) is 0.765. The van der Waals surface area contributed by atoms with Crippen molar-refractivity contribution in [3.63, 3.8) is 0 Å². The number of hydrogen-bond acceptors (Lipinski definition) is 4. The van der Waals surface area contributed by atoms with Gasteiger partial charge in [-0.05, 0) is 48.5 Å². The summed E-state index contributed by atoms with van der Waals surface area (Å²) >= 11 is 7.69. The SMILES string of the molecule is CC(N)c1ccc(Sc2nc3ccccc3o2)c(Cl)c1. The number of rotatable bonds is 3. The molecule has 0 aliphatic carbocycles. The lowest BCUT2D eigenvalue weighted by molar-refractivity contribution is 0.489. The second-order valence-electron chi connectivity index (χ2n) is 4.53. The fourth-order valence-corrected chi connectivity index (χ4v) is 2.93. The highest BCUT2D eigenvalue weighted by Gasteiger charge is 2.11. The zero-order chi connectivity index (χ0) is 14.1. The first-order valence-electron chi connectivity index (χ1n) is 6.22. The van der Waals surface area contributed by atoms with Gasteiger partial charge in [-0.2, -0.15) is 0 Å². The van der Waals surface area contributed by atoms with Crippen molar-refractivity contribution >= 4 is 34.5 Å². The van der Waals surface area contributed by atoms with E-state index in [0.29, 0.717) is 10.2 Å². The van der Waals surface area contributed by atoms with E-state index in [1.807, 2.05) is 49.4 Å². The number of benzene rings is 2. The molecular weight excluding hydrogens is 292 g/mol. The first kappa shape index (κ1) is 13.5. The number of hydrogen-bond donors (Lipinski definition) is 1. The van der Waals surface area contributed by atoms with Gasteiger partial charge in [0.25, 0.3) is 5.22 Å². The molecule has 3 rings (SSSR count). The maximum Gasteiger partial charge on any atom is 0.261 e. The van der Waals surface area contributed by atoms with Crippen molar-refractivity contribution in [2.75, 3.05) is 0 Å². The van der Waals surface area contributed by atoms with Gasteiger partial charge < -0.3 is 10.2 Å². The van der Waals surface area contributed by atoms with Crippen LogP contribution in [0.25, 0.3) is 11.1 Å². The van der Waals surface area contributed by atoms with Crippen LogP contribution >= 0.6 is 23.4 Å². The Hall–Kier alpha value is -1.49. The monoisotopic (exact) mass is 304 g/mol. The molecule has 3 aromatic rings. The van der Waals surface area contributed by atoms with Crippen LogP contribution in [0.3, 0.4) is 0 Å². The standard InChI is InChI=1S/C15H13ClN2OS/c1-9(17)10-6-7-14(11(16)8-10)20-15-18-12-4-2-3-5-13(12)19-15/h2-9H,17H2,1H3. The van der Waals surface area contributed by atoms with Crippen LogP contribution in [-0.4, -0.2) is 4.98 Å². The highest BCUT2D eigenvalue weighted by Crippen LogP contribution is 2.35. The van der Waals surface area contributed by atoms with Crippen molar-refractivity contribution in [1.82, 2.24) is 4.98 Å². The molecule has 0 radical (unpaired) electrons. The number of fused-ring (bicyclic) bond motifs is 1. The summed E-state index contributed by atoms with van der Waals surface area (Å²) in [7, 11) is 0. The van der Waals surface area contributed by atoms with Crippen LogP contribution < -0.4 is 5.73 Å². The lowest BCUT2D eigenvalue weighted by Crippen LogP contribution is -2.04. The molecule has 1 unspecified atom stereocenters. The molecule has 20 heavy (non-hydrogen) atoms. The largest absolute Gasteiger partial charge is 0.431 e. The molecule has 5 heteroatoms. The van der Waals surface area contributed by atoms with Crippen LogP contribution in [0, 0.1) is 0 Å². The molecule has 0 fully saturated rings. The zero-order valence-corrected chi connectivity index (χ0v) is 12.4. The van der Waals surface area contributed by atoms with E-state index in [2.05, 4.69) is 4.98 Å². The number of aromatic nitrogens is 1. The summed E-state index contributed by atoms with van der Waals surface area (Å²) in [6, 6.07) is 13.4. The Labute approximate surface area is 126 Å². The fraction of sp³-hybridized carbons (Fsp3) is 0.133. The predicted octanol–water partition coefficient (Wildman–Crippen LogP) is 4.65. The van der Waals surface area contributed by atoms with E-state index >= 15 is 0 Å². The van der Waals surface area contributed by atoms with Gasteiger partial charge in [-0.1, -0.05) is 29.8 Å². The molecule has 0 bridgehead atoms. The predicted molar refractivity (Wildman–Crippen MR) is 82.2 cm³/mol. The highest BCUT2D eigenvalue weighted by atomic mass is 35.5. The Bertz CT molecular complexity index is 721. The summed E-state index contributed by atoms with van der Waals surface area (Å²) in [5, 5.41) is 1.24. The summed E-state index contributed by atoms with van der Waals surface area (Å²) in [6.07, 6.45) is 0. The first-order valence-corrected chi connectivity index (χ1v) is 7.41. The molecule has 0 aliphatic heterocycles.